The third kappa shape index (κ3) is 2.85. The van der Waals surface area contributed by atoms with Gasteiger partial charge in [-0.2, -0.15) is 0 Å². The van der Waals surface area contributed by atoms with Crippen LogP contribution in [0.4, 0.5) is 0 Å². The number of aromatic nitrogens is 1. The highest BCUT2D eigenvalue weighted by Crippen LogP contribution is 2.29. The summed E-state index contributed by atoms with van der Waals surface area (Å²) in [6, 6.07) is 11.4. The lowest BCUT2D eigenvalue weighted by atomic mass is 10.2. The normalized spacial score (nSPS) is 10.2. The molecule has 0 aliphatic heterocycles. The molecule has 0 bridgehead atoms. The molecule has 17 heavy (non-hydrogen) atoms. The van der Waals surface area contributed by atoms with E-state index in [-0.39, 0.29) is 5.69 Å². The van der Waals surface area contributed by atoms with Crippen molar-refractivity contribution in [3.63, 3.8) is 0 Å². The molecule has 3 nitrogen and oxygen atoms in total. The zero-order valence-electron chi connectivity index (χ0n) is 9.25. The number of aryl methyl sites for hydroxylation is 1. The van der Waals surface area contributed by atoms with Crippen LogP contribution in [-0.4, -0.2) is 16.1 Å². The predicted octanol–water partition coefficient (Wildman–Crippen LogP) is 3.24. The van der Waals surface area contributed by atoms with E-state index in [1.807, 2.05) is 31.2 Å². The minimum absolute atomic E-state index is 0.0954. The van der Waals surface area contributed by atoms with Gasteiger partial charge in [0, 0.05) is 16.0 Å². The van der Waals surface area contributed by atoms with Crippen LogP contribution in [0.5, 0.6) is 0 Å². The molecule has 86 valence electrons. The van der Waals surface area contributed by atoms with Crippen molar-refractivity contribution in [2.75, 3.05) is 0 Å². The SMILES string of the molecule is Cc1ccc(Sc2cccnc2C(=O)O)cc1. The summed E-state index contributed by atoms with van der Waals surface area (Å²) in [6.07, 6.45) is 1.49. The number of hydrogen-bond acceptors (Lipinski definition) is 3. The summed E-state index contributed by atoms with van der Waals surface area (Å²) >= 11 is 1.41. The van der Waals surface area contributed by atoms with E-state index in [4.69, 9.17) is 5.11 Å². The molecule has 0 aliphatic carbocycles. The number of pyridine rings is 1. The molecule has 0 radical (unpaired) electrons. The van der Waals surface area contributed by atoms with Gasteiger partial charge in [0.25, 0.3) is 0 Å². The second-order valence-electron chi connectivity index (χ2n) is 3.57. The molecule has 4 heteroatoms. The van der Waals surface area contributed by atoms with Crippen molar-refractivity contribution in [1.29, 1.82) is 0 Å². The van der Waals surface area contributed by atoms with Gasteiger partial charge in [-0.05, 0) is 31.2 Å². The van der Waals surface area contributed by atoms with Crippen molar-refractivity contribution < 1.29 is 9.90 Å². The zero-order chi connectivity index (χ0) is 12.3. The van der Waals surface area contributed by atoms with Crippen LogP contribution < -0.4 is 0 Å². The lowest BCUT2D eigenvalue weighted by molar-refractivity contribution is 0.0686. The summed E-state index contributed by atoms with van der Waals surface area (Å²) in [7, 11) is 0. The lowest BCUT2D eigenvalue weighted by Crippen LogP contribution is -2.01. The number of aromatic carboxylic acids is 1. The number of rotatable bonds is 3. The van der Waals surface area contributed by atoms with Gasteiger partial charge < -0.3 is 5.11 Å². The van der Waals surface area contributed by atoms with E-state index in [9.17, 15) is 4.79 Å². The number of carboxylic acid groups (broad SMARTS) is 1. The summed E-state index contributed by atoms with van der Waals surface area (Å²) < 4.78 is 0. The first-order valence-corrected chi connectivity index (χ1v) is 5.91. The van der Waals surface area contributed by atoms with Gasteiger partial charge in [-0.1, -0.05) is 29.5 Å². The fraction of sp³-hybridized carbons (Fsp3) is 0.0769. The molecule has 0 saturated heterocycles. The first kappa shape index (κ1) is 11.7. The topological polar surface area (TPSA) is 50.2 Å². The van der Waals surface area contributed by atoms with E-state index >= 15 is 0 Å². The number of carbonyl (C=O) groups is 1. The van der Waals surface area contributed by atoms with Crippen LogP contribution >= 0.6 is 11.8 Å². The average Bonchev–Trinajstić information content (AvgIpc) is 2.32. The molecule has 1 N–H and O–H groups in total. The van der Waals surface area contributed by atoms with Crippen LogP contribution in [-0.2, 0) is 0 Å². The van der Waals surface area contributed by atoms with Gasteiger partial charge in [-0.3, -0.25) is 0 Å². The number of hydrogen-bond donors (Lipinski definition) is 1. The van der Waals surface area contributed by atoms with E-state index in [2.05, 4.69) is 4.98 Å². The summed E-state index contributed by atoms with van der Waals surface area (Å²) in [4.78, 5) is 16.5. The molecule has 1 aromatic carbocycles. The Morgan fingerprint density at radius 1 is 1.24 bits per heavy atom. The molecule has 0 saturated carbocycles. The summed E-state index contributed by atoms with van der Waals surface area (Å²) in [6.45, 7) is 2.02. The van der Waals surface area contributed by atoms with Gasteiger partial charge >= 0.3 is 5.97 Å². The zero-order valence-corrected chi connectivity index (χ0v) is 10.1. The van der Waals surface area contributed by atoms with Crippen molar-refractivity contribution in [3.8, 4) is 0 Å². The number of carboxylic acids is 1. The predicted molar refractivity (Wildman–Crippen MR) is 66.5 cm³/mol. The van der Waals surface area contributed by atoms with Crippen molar-refractivity contribution in [1.82, 2.24) is 4.98 Å². The Hall–Kier alpha value is -1.81. The van der Waals surface area contributed by atoms with E-state index in [1.165, 1.54) is 23.5 Å². The van der Waals surface area contributed by atoms with Crippen LogP contribution in [0.2, 0.25) is 0 Å². The fourth-order valence-corrected chi connectivity index (χ4v) is 2.28. The van der Waals surface area contributed by atoms with Crippen LogP contribution in [0.15, 0.2) is 52.4 Å². The minimum atomic E-state index is -1.000. The maximum atomic E-state index is 11.0. The van der Waals surface area contributed by atoms with Crippen LogP contribution in [0, 0.1) is 6.92 Å². The van der Waals surface area contributed by atoms with E-state index in [1.54, 1.807) is 12.1 Å². The minimum Gasteiger partial charge on any atom is -0.476 e. The Morgan fingerprint density at radius 2 is 1.94 bits per heavy atom. The highest BCUT2D eigenvalue weighted by atomic mass is 32.2. The number of benzene rings is 1. The van der Waals surface area contributed by atoms with Crippen molar-refractivity contribution >= 4 is 17.7 Å². The third-order valence-corrected chi connectivity index (χ3v) is 3.28. The quantitative estimate of drug-likeness (QED) is 0.901. The Bertz CT molecular complexity index is 537. The smallest absolute Gasteiger partial charge is 0.355 e. The molecule has 0 aliphatic rings. The summed E-state index contributed by atoms with van der Waals surface area (Å²) in [5.41, 5.74) is 1.28. The fourth-order valence-electron chi connectivity index (χ4n) is 1.37. The highest BCUT2D eigenvalue weighted by Gasteiger charge is 2.11. The van der Waals surface area contributed by atoms with Gasteiger partial charge in [0.05, 0.1) is 0 Å². The Kier molecular flexibility index (Phi) is 3.44. The van der Waals surface area contributed by atoms with Crippen LogP contribution in [0.25, 0.3) is 0 Å². The van der Waals surface area contributed by atoms with E-state index in [0.29, 0.717) is 4.90 Å². The summed E-state index contributed by atoms with van der Waals surface area (Å²) in [5, 5.41) is 9.01. The second-order valence-corrected chi connectivity index (χ2v) is 4.69. The largest absolute Gasteiger partial charge is 0.476 e. The molecule has 0 unspecified atom stereocenters. The molecule has 2 aromatic rings. The highest BCUT2D eigenvalue weighted by molar-refractivity contribution is 7.99. The lowest BCUT2D eigenvalue weighted by Gasteiger charge is -2.04. The van der Waals surface area contributed by atoms with Crippen molar-refractivity contribution in [2.24, 2.45) is 0 Å². The first-order valence-electron chi connectivity index (χ1n) is 5.09. The van der Waals surface area contributed by atoms with E-state index < -0.39 is 5.97 Å². The number of nitrogens with zero attached hydrogens (tertiary/aromatic N) is 1. The monoisotopic (exact) mass is 245 g/mol. The van der Waals surface area contributed by atoms with E-state index in [0.717, 1.165) is 4.90 Å². The molecular formula is C13H11NO2S. The summed E-state index contributed by atoms with van der Waals surface area (Å²) in [5.74, 6) is -1.000. The van der Waals surface area contributed by atoms with Gasteiger partial charge in [0.1, 0.15) is 0 Å². The standard InChI is InChI=1S/C13H11NO2S/c1-9-4-6-10(7-5-9)17-11-3-2-8-14-12(11)13(15)16/h2-8H,1H3,(H,15,16). The van der Waals surface area contributed by atoms with Gasteiger partial charge in [-0.25, -0.2) is 9.78 Å². The molecular weight excluding hydrogens is 234 g/mol. The molecule has 0 spiro atoms. The van der Waals surface area contributed by atoms with Gasteiger partial charge in [0.2, 0.25) is 0 Å². The molecule has 2 rings (SSSR count). The Balaban J connectivity index is 2.30. The maximum absolute atomic E-state index is 11.0. The molecule has 1 aromatic heterocycles. The Labute approximate surface area is 104 Å². The third-order valence-electron chi connectivity index (χ3n) is 2.22. The van der Waals surface area contributed by atoms with Gasteiger partial charge in [-0.15, -0.1) is 0 Å². The average molecular weight is 245 g/mol. The molecule has 0 fully saturated rings. The molecule has 0 atom stereocenters. The van der Waals surface area contributed by atoms with Crippen LogP contribution in [0.3, 0.4) is 0 Å². The first-order chi connectivity index (χ1) is 8.16. The van der Waals surface area contributed by atoms with Crippen molar-refractivity contribution in [2.45, 2.75) is 16.7 Å². The second kappa shape index (κ2) is 5.01. The van der Waals surface area contributed by atoms with Crippen LogP contribution in [0.1, 0.15) is 16.1 Å². The maximum Gasteiger partial charge on any atom is 0.355 e. The Morgan fingerprint density at radius 3 is 2.59 bits per heavy atom. The molecule has 1 heterocycles. The van der Waals surface area contributed by atoms with Gasteiger partial charge in [0.15, 0.2) is 5.69 Å². The van der Waals surface area contributed by atoms with Crippen molar-refractivity contribution in [3.05, 3.63) is 53.9 Å². The molecule has 0 amide bonds.